The Morgan fingerprint density at radius 3 is 2.65 bits per heavy atom. The van der Waals surface area contributed by atoms with Gasteiger partial charge in [-0.25, -0.2) is 0 Å². The summed E-state index contributed by atoms with van der Waals surface area (Å²) in [7, 11) is 0. The molecule has 0 spiro atoms. The quantitative estimate of drug-likeness (QED) is 0.889. The summed E-state index contributed by atoms with van der Waals surface area (Å²) in [6.45, 7) is 6.35. The van der Waals surface area contributed by atoms with Crippen LogP contribution >= 0.6 is 0 Å². The first-order chi connectivity index (χ1) is 9.83. The van der Waals surface area contributed by atoms with Crippen LogP contribution in [0.2, 0.25) is 0 Å². The second-order valence-corrected chi connectivity index (χ2v) is 5.76. The molecule has 2 fully saturated rings. The highest BCUT2D eigenvalue weighted by Crippen LogP contribution is 2.26. The topological polar surface area (TPSA) is 35.6 Å². The predicted octanol–water partition coefficient (Wildman–Crippen LogP) is 0.908. The smallest absolute Gasteiger partial charge is 0.236 e. The molecule has 0 aromatic heterocycles. The molecule has 0 saturated carbocycles. The van der Waals surface area contributed by atoms with Crippen LogP contribution in [-0.4, -0.2) is 61.5 Å². The molecular formula is C16H23N3O. The standard InChI is InChI=1S/C16H23N3O/c20-16(13-18-10-7-17-8-11-18)19-9-6-15(12-19)14-4-2-1-3-5-14/h1-5,15,17H,6-13H2. The zero-order valence-corrected chi connectivity index (χ0v) is 11.9. The molecule has 20 heavy (non-hydrogen) atoms. The Morgan fingerprint density at radius 2 is 1.90 bits per heavy atom. The Bertz CT molecular complexity index is 442. The van der Waals surface area contributed by atoms with Crippen LogP contribution < -0.4 is 5.32 Å². The third-order valence-corrected chi connectivity index (χ3v) is 4.38. The monoisotopic (exact) mass is 273 g/mol. The van der Waals surface area contributed by atoms with Crippen molar-refractivity contribution in [2.45, 2.75) is 12.3 Å². The van der Waals surface area contributed by atoms with Gasteiger partial charge in [-0.1, -0.05) is 30.3 Å². The van der Waals surface area contributed by atoms with Gasteiger partial charge in [-0.2, -0.15) is 0 Å². The van der Waals surface area contributed by atoms with Gasteiger partial charge in [0, 0.05) is 45.2 Å². The number of piperazine rings is 1. The van der Waals surface area contributed by atoms with Crippen LogP contribution in [0.25, 0.3) is 0 Å². The highest BCUT2D eigenvalue weighted by molar-refractivity contribution is 5.78. The molecule has 1 aromatic rings. The van der Waals surface area contributed by atoms with Gasteiger partial charge in [0.05, 0.1) is 6.54 Å². The minimum atomic E-state index is 0.297. The SMILES string of the molecule is O=C(CN1CCNCC1)N1CCC(c2ccccc2)C1. The first-order valence-electron chi connectivity index (χ1n) is 7.59. The van der Waals surface area contributed by atoms with Crippen molar-refractivity contribution in [2.24, 2.45) is 0 Å². The molecule has 2 heterocycles. The van der Waals surface area contributed by atoms with Crippen LogP contribution in [0.4, 0.5) is 0 Å². The number of nitrogens with one attached hydrogen (secondary N) is 1. The van der Waals surface area contributed by atoms with Crippen LogP contribution in [0, 0.1) is 0 Å². The summed E-state index contributed by atoms with van der Waals surface area (Å²) in [5.74, 6) is 0.813. The lowest BCUT2D eigenvalue weighted by Crippen LogP contribution is -2.48. The van der Waals surface area contributed by atoms with E-state index in [2.05, 4.69) is 34.5 Å². The maximum Gasteiger partial charge on any atom is 0.236 e. The molecule has 2 aliphatic rings. The van der Waals surface area contributed by atoms with Gasteiger partial charge < -0.3 is 10.2 Å². The fourth-order valence-electron chi connectivity index (χ4n) is 3.14. The normalized spacial score (nSPS) is 24.0. The van der Waals surface area contributed by atoms with Crippen LogP contribution in [-0.2, 0) is 4.79 Å². The second kappa shape index (κ2) is 6.37. The van der Waals surface area contributed by atoms with Gasteiger partial charge in [0.1, 0.15) is 0 Å². The van der Waals surface area contributed by atoms with E-state index in [4.69, 9.17) is 0 Å². The maximum atomic E-state index is 12.4. The van der Waals surface area contributed by atoms with Gasteiger partial charge in [0.2, 0.25) is 5.91 Å². The van der Waals surface area contributed by atoms with Crippen molar-refractivity contribution in [3.8, 4) is 0 Å². The molecule has 2 aliphatic heterocycles. The minimum Gasteiger partial charge on any atom is -0.341 e. The molecule has 1 amide bonds. The average Bonchev–Trinajstić information content (AvgIpc) is 2.99. The zero-order valence-electron chi connectivity index (χ0n) is 11.9. The van der Waals surface area contributed by atoms with Crippen LogP contribution in [0.3, 0.4) is 0 Å². The van der Waals surface area contributed by atoms with E-state index < -0.39 is 0 Å². The van der Waals surface area contributed by atoms with Crippen molar-refractivity contribution < 1.29 is 4.79 Å². The number of hydrogen-bond acceptors (Lipinski definition) is 3. The first-order valence-corrected chi connectivity index (χ1v) is 7.59. The lowest BCUT2D eigenvalue weighted by atomic mass is 9.99. The number of benzene rings is 1. The summed E-state index contributed by atoms with van der Waals surface area (Å²) in [6.07, 6.45) is 1.09. The van der Waals surface area contributed by atoms with Crippen molar-refractivity contribution in [3.63, 3.8) is 0 Å². The average molecular weight is 273 g/mol. The summed E-state index contributed by atoms with van der Waals surface area (Å²) in [4.78, 5) is 16.7. The fraction of sp³-hybridized carbons (Fsp3) is 0.562. The third-order valence-electron chi connectivity index (χ3n) is 4.38. The highest BCUT2D eigenvalue weighted by atomic mass is 16.2. The summed E-state index contributed by atoms with van der Waals surface area (Å²) in [6, 6.07) is 10.6. The van der Waals surface area contributed by atoms with Gasteiger partial charge in [-0.15, -0.1) is 0 Å². The molecular weight excluding hydrogens is 250 g/mol. The molecule has 1 atom stereocenters. The number of rotatable bonds is 3. The Labute approximate surface area is 120 Å². The van der Waals surface area contributed by atoms with Gasteiger partial charge in [0.25, 0.3) is 0 Å². The minimum absolute atomic E-state index is 0.297. The molecule has 3 rings (SSSR count). The van der Waals surface area contributed by atoms with E-state index in [-0.39, 0.29) is 0 Å². The molecule has 4 heteroatoms. The summed E-state index contributed by atoms with van der Waals surface area (Å²) in [5, 5.41) is 3.32. The van der Waals surface area contributed by atoms with Crippen molar-refractivity contribution in [1.29, 1.82) is 0 Å². The Hall–Kier alpha value is -1.39. The third kappa shape index (κ3) is 3.19. The van der Waals surface area contributed by atoms with Crippen molar-refractivity contribution in [1.82, 2.24) is 15.1 Å². The Morgan fingerprint density at radius 1 is 1.15 bits per heavy atom. The van der Waals surface area contributed by atoms with Crippen molar-refractivity contribution in [3.05, 3.63) is 35.9 Å². The second-order valence-electron chi connectivity index (χ2n) is 5.76. The zero-order chi connectivity index (χ0) is 13.8. The molecule has 108 valence electrons. The lowest BCUT2D eigenvalue weighted by Gasteiger charge is -2.28. The molecule has 4 nitrogen and oxygen atoms in total. The number of nitrogens with zero attached hydrogens (tertiary/aromatic N) is 2. The van der Waals surface area contributed by atoms with Crippen LogP contribution in [0.5, 0.6) is 0 Å². The first kappa shape index (κ1) is 13.6. The van der Waals surface area contributed by atoms with Crippen molar-refractivity contribution >= 4 is 5.91 Å². The molecule has 1 unspecified atom stereocenters. The summed E-state index contributed by atoms with van der Waals surface area (Å²) < 4.78 is 0. The highest BCUT2D eigenvalue weighted by Gasteiger charge is 2.28. The van der Waals surface area contributed by atoms with E-state index in [1.165, 1.54) is 5.56 Å². The summed E-state index contributed by atoms with van der Waals surface area (Å²) in [5.41, 5.74) is 1.37. The van der Waals surface area contributed by atoms with Crippen molar-refractivity contribution in [2.75, 3.05) is 45.8 Å². The van der Waals surface area contributed by atoms with Crippen LogP contribution in [0.1, 0.15) is 17.9 Å². The van der Waals surface area contributed by atoms with E-state index in [9.17, 15) is 4.79 Å². The largest absolute Gasteiger partial charge is 0.341 e. The van der Waals surface area contributed by atoms with E-state index in [1.807, 2.05) is 11.0 Å². The molecule has 0 aliphatic carbocycles. The number of carbonyl (C=O) groups excluding carboxylic acids is 1. The van der Waals surface area contributed by atoms with E-state index in [0.717, 1.165) is 45.7 Å². The number of hydrogen-bond donors (Lipinski definition) is 1. The van der Waals surface area contributed by atoms with Gasteiger partial charge in [-0.3, -0.25) is 9.69 Å². The number of amides is 1. The Kier molecular flexibility index (Phi) is 4.33. The maximum absolute atomic E-state index is 12.4. The number of likely N-dealkylation sites (tertiary alicyclic amines) is 1. The molecule has 2 saturated heterocycles. The lowest BCUT2D eigenvalue weighted by molar-refractivity contribution is -0.131. The van der Waals surface area contributed by atoms with Crippen LogP contribution in [0.15, 0.2) is 30.3 Å². The van der Waals surface area contributed by atoms with Gasteiger partial charge in [0.15, 0.2) is 0 Å². The van der Waals surface area contributed by atoms with Gasteiger partial charge in [-0.05, 0) is 12.0 Å². The fourth-order valence-corrected chi connectivity index (χ4v) is 3.14. The van der Waals surface area contributed by atoms with E-state index in [1.54, 1.807) is 0 Å². The van der Waals surface area contributed by atoms with E-state index >= 15 is 0 Å². The Balaban J connectivity index is 1.53. The van der Waals surface area contributed by atoms with Gasteiger partial charge >= 0.3 is 0 Å². The molecule has 0 bridgehead atoms. The predicted molar refractivity (Wildman–Crippen MR) is 79.7 cm³/mol. The molecule has 0 radical (unpaired) electrons. The summed E-state index contributed by atoms with van der Waals surface area (Å²) >= 11 is 0. The van der Waals surface area contributed by atoms with E-state index in [0.29, 0.717) is 18.4 Å². The molecule has 1 aromatic carbocycles. The number of carbonyl (C=O) groups is 1. The molecule has 1 N–H and O–H groups in total.